The number of nitrogens with zero attached hydrogens (tertiary/aromatic N) is 1. The maximum absolute atomic E-state index is 2.45. The highest BCUT2D eigenvalue weighted by molar-refractivity contribution is 5.88. The second-order valence-electron chi connectivity index (χ2n) is 20.1. The molecular formula is C57H59N. The molecule has 0 saturated carbocycles. The molecule has 58 heavy (non-hydrogen) atoms. The standard InChI is InChI=1S/C57H59N/c1-54(2,3)44-30-41(29-42(31-44)43-32-45(55(4,5)6)36-46(33-43)56(7,8)9)40-22-18-24-48(35-40)58(47-23-17-21-39(34-47)38-19-13-12-14-20-38)49-27-28-51-50-25-15-16-26-52(50)57(10,11)53(51)37-49/h12-37H,1-11H3. The van der Waals surface area contributed by atoms with Crippen LogP contribution in [0.3, 0.4) is 0 Å². The molecule has 1 nitrogen and oxygen atoms in total. The van der Waals surface area contributed by atoms with Crippen molar-refractivity contribution < 1.29 is 0 Å². The number of hydrogen-bond acceptors (Lipinski definition) is 1. The van der Waals surface area contributed by atoms with E-state index in [9.17, 15) is 0 Å². The fourth-order valence-corrected chi connectivity index (χ4v) is 8.61. The lowest BCUT2D eigenvalue weighted by Gasteiger charge is -2.29. The number of rotatable bonds is 6. The van der Waals surface area contributed by atoms with E-state index in [1.807, 2.05) is 0 Å². The molecule has 0 saturated heterocycles. The lowest BCUT2D eigenvalue weighted by atomic mass is 9.78. The Morgan fingerprint density at radius 3 is 1.33 bits per heavy atom. The largest absolute Gasteiger partial charge is 0.310 e. The summed E-state index contributed by atoms with van der Waals surface area (Å²) in [5, 5.41) is 0. The van der Waals surface area contributed by atoms with Crippen molar-refractivity contribution in [2.45, 2.75) is 97.8 Å². The lowest BCUT2D eigenvalue weighted by molar-refractivity contribution is 0.569. The van der Waals surface area contributed by atoms with Crippen LogP contribution in [0, 0.1) is 0 Å². The Bertz CT molecular complexity index is 2600. The summed E-state index contributed by atoms with van der Waals surface area (Å²) >= 11 is 0. The maximum atomic E-state index is 2.45. The van der Waals surface area contributed by atoms with E-state index in [-0.39, 0.29) is 21.7 Å². The van der Waals surface area contributed by atoms with Crippen LogP contribution in [0.2, 0.25) is 0 Å². The molecule has 1 heteroatoms. The Morgan fingerprint density at radius 1 is 0.328 bits per heavy atom. The molecule has 7 aromatic carbocycles. The molecule has 0 radical (unpaired) electrons. The van der Waals surface area contributed by atoms with Crippen LogP contribution in [0.15, 0.2) is 158 Å². The van der Waals surface area contributed by atoms with Crippen molar-refractivity contribution in [2.24, 2.45) is 0 Å². The first-order valence-electron chi connectivity index (χ1n) is 21.0. The van der Waals surface area contributed by atoms with Gasteiger partial charge in [0, 0.05) is 22.5 Å². The zero-order valence-corrected chi connectivity index (χ0v) is 36.5. The summed E-state index contributed by atoms with van der Waals surface area (Å²) in [5.74, 6) is 0. The molecular weight excluding hydrogens is 699 g/mol. The van der Waals surface area contributed by atoms with E-state index in [4.69, 9.17) is 0 Å². The number of benzene rings is 7. The summed E-state index contributed by atoms with van der Waals surface area (Å²) in [6, 6.07) is 59.4. The highest BCUT2D eigenvalue weighted by atomic mass is 15.1. The minimum absolute atomic E-state index is 0.0322. The molecule has 7 aromatic rings. The van der Waals surface area contributed by atoms with Crippen molar-refractivity contribution in [3.8, 4) is 44.5 Å². The fourth-order valence-electron chi connectivity index (χ4n) is 8.61. The first-order chi connectivity index (χ1) is 27.4. The molecule has 0 atom stereocenters. The number of fused-ring (bicyclic) bond motifs is 3. The van der Waals surface area contributed by atoms with Crippen molar-refractivity contribution in [2.75, 3.05) is 4.90 Å². The summed E-state index contributed by atoms with van der Waals surface area (Å²) in [5.41, 5.74) is 20.2. The molecule has 0 N–H and O–H groups in total. The van der Waals surface area contributed by atoms with E-state index >= 15 is 0 Å². The first-order valence-corrected chi connectivity index (χ1v) is 21.0. The average Bonchev–Trinajstić information content (AvgIpc) is 3.42. The van der Waals surface area contributed by atoms with Crippen molar-refractivity contribution in [1.29, 1.82) is 0 Å². The smallest absolute Gasteiger partial charge is 0.0467 e. The van der Waals surface area contributed by atoms with Gasteiger partial charge < -0.3 is 4.90 Å². The van der Waals surface area contributed by atoms with Gasteiger partial charge in [-0.2, -0.15) is 0 Å². The van der Waals surface area contributed by atoms with E-state index in [0.717, 1.165) is 17.1 Å². The third kappa shape index (κ3) is 7.44. The Kier molecular flexibility index (Phi) is 9.67. The highest BCUT2D eigenvalue weighted by Gasteiger charge is 2.36. The van der Waals surface area contributed by atoms with Crippen LogP contribution in [0.1, 0.15) is 104 Å². The van der Waals surface area contributed by atoms with Crippen LogP contribution in [-0.2, 0) is 21.7 Å². The second-order valence-corrected chi connectivity index (χ2v) is 20.1. The van der Waals surface area contributed by atoms with Gasteiger partial charge in [0.15, 0.2) is 0 Å². The van der Waals surface area contributed by atoms with E-state index < -0.39 is 0 Å². The zero-order valence-electron chi connectivity index (χ0n) is 36.5. The van der Waals surface area contributed by atoms with E-state index in [1.54, 1.807) is 0 Å². The molecule has 0 unspecified atom stereocenters. The Balaban J connectivity index is 1.31. The molecule has 0 heterocycles. The first kappa shape index (κ1) is 39.2. The highest BCUT2D eigenvalue weighted by Crippen LogP contribution is 2.51. The van der Waals surface area contributed by atoms with Gasteiger partial charge >= 0.3 is 0 Å². The van der Waals surface area contributed by atoms with Gasteiger partial charge in [-0.25, -0.2) is 0 Å². The molecule has 8 rings (SSSR count). The summed E-state index contributed by atoms with van der Waals surface area (Å²) in [7, 11) is 0. The predicted octanol–water partition coefficient (Wildman–Crippen LogP) is 16.4. The van der Waals surface area contributed by atoms with Crippen molar-refractivity contribution in [3.63, 3.8) is 0 Å². The molecule has 0 aromatic heterocycles. The van der Waals surface area contributed by atoms with Gasteiger partial charge in [-0.1, -0.05) is 191 Å². The van der Waals surface area contributed by atoms with E-state index in [1.165, 1.54) is 72.3 Å². The predicted molar refractivity (Wildman–Crippen MR) is 251 cm³/mol. The Labute approximate surface area is 348 Å². The van der Waals surface area contributed by atoms with Gasteiger partial charge in [-0.05, 0) is 131 Å². The molecule has 0 amide bonds. The molecule has 292 valence electrons. The van der Waals surface area contributed by atoms with Crippen molar-refractivity contribution in [3.05, 3.63) is 186 Å². The van der Waals surface area contributed by atoms with Crippen molar-refractivity contribution in [1.82, 2.24) is 0 Å². The minimum Gasteiger partial charge on any atom is -0.310 e. The zero-order chi connectivity index (χ0) is 41.2. The fraction of sp³-hybridized carbons (Fsp3) is 0.263. The number of anilines is 3. The lowest BCUT2D eigenvalue weighted by Crippen LogP contribution is -2.16. The third-order valence-electron chi connectivity index (χ3n) is 12.3. The number of hydrogen-bond donors (Lipinski definition) is 0. The van der Waals surface area contributed by atoms with Gasteiger partial charge in [-0.3, -0.25) is 0 Å². The second kappa shape index (κ2) is 14.3. The third-order valence-corrected chi connectivity index (χ3v) is 12.3. The van der Waals surface area contributed by atoms with Crippen LogP contribution >= 0.6 is 0 Å². The summed E-state index contributed by atoms with van der Waals surface area (Å²) in [4.78, 5) is 2.45. The quantitative estimate of drug-likeness (QED) is 0.163. The normalized spacial score (nSPS) is 13.6. The molecule has 0 bridgehead atoms. The maximum Gasteiger partial charge on any atom is 0.0467 e. The molecule has 1 aliphatic rings. The van der Waals surface area contributed by atoms with Gasteiger partial charge in [-0.15, -0.1) is 0 Å². The van der Waals surface area contributed by atoms with Crippen LogP contribution in [0.25, 0.3) is 44.5 Å². The Morgan fingerprint density at radius 2 is 0.759 bits per heavy atom. The van der Waals surface area contributed by atoms with Gasteiger partial charge in [0.05, 0.1) is 0 Å². The van der Waals surface area contributed by atoms with Crippen LogP contribution in [-0.4, -0.2) is 0 Å². The van der Waals surface area contributed by atoms with Gasteiger partial charge in [0.2, 0.25) is 0 Å². The van der Waals surface area contributed by atoms with Gasteiger partial charge in [0.1, 0.15) is 0 Å². The minimum atomic E-state index is -0.109. The Hall–Kier alpha value is -5.66. The van der Waals surface area contributed by atoms with Crippen molar-refractivity contribution >= 4 is 17.1 Å². The van der Waals surface area contributed by atoms with E-state index in [2.05, 4.69) is 239 Å². The average molecular weight is 758 g/mol. The summed E-state index contributed by atoms with van der Waals surface area (Å²) < 4.78 is 0. The van der Waals surface area contributed by atoms with Crippen LogP contribution in [0.5, 0.6) is 0 Å². The molecule has 0 aliphatic heterocycles. The molecule has 0 fully saturated rings. The molecule has 1 aliphatic carbocycles. The van der Waals surface area contributed by atoms with Gasteiger partial charge in [0.25, 0.3) is 0 Å². The monoisotopic (exact) mass is 757 g/mol. The topological polar surface area (TPSA) is 3.24 Å². The van der Waals surface area contributed by atoms with Crippen LogP contribution < -0.4 is 4.90 Å². The van der Waals surface area contributed by atoms with Crippen LogP contribution in [0.4, 0.5) is 17.1 Å². The summed E-state index contributed by atoms with van der Waals surface area (Å²) in [6.07, 6.45) is 0. The summed E-state index contributed by atoms with van der Waals surface area (Å²) in [6.45, 7) is 25.6. The molecule has 0 spiro atoms. The van der Waals surface area contributed by atoms with E-state index in [0.29, 0.717) is 0 Å². The SMILES string of the molecule is CC(C)(C)c1cc(-c2cccc(N(c3cccc(-c4ccccc4)c3)c3ccc4c(c3)C(C)(C)c3ccccc3-4)c2)cc(-c2cc(C(C)(C)C)cc(C(C)(C)C)c2)c1.